The van der Waals surface area contributed by atoms with Crippen LogP contribution >= 0.6 is 0 Å². The summed E-state index contributed by atoms with van der Waals surface area (Å²) in [4.78, 5) is 11.4. The fourth-order valence-corrected chi connectivity index (χ4v) is 2.39. The number of carbonyl (C=O) groups is 1. The number of carbonyl (C=O) groups excluding carboxylic acids is 1. The predicted octanol–water partition coefficient (Wildman–Crippen LogP) is 2.32. The van der Waals surface area contributed by atoms with Crippen LogP contribution in [0, 0.1) is 5.41 Å². The summed E-state index contributed by atoms with van der Waals surface area (Å²) in [5, 5.41) is 10.2. The molecule has 0 aliphatic heterocycles. The third kappa shape index (κ3) is 3.10. The van der Waals surface area contributed by atoms with E-state index in [0.29, 0.717) is 6.61 Å². The van der Waals surface area contributed by atoms with E-state index in [1.807, 2.05) is 18.2 Å². The first-order valence-corrected chi connectivity index (χ1v) is 6.54. The number of aliphatic hydroxyl groups excluding tert-OH is 1. The Kier molecular flexibility index (Phi) is 4.02. The first kappa shape index (κ1) is 13.1. The molecule has 0 aromatic heterocycles. The Hall–Kier alpha value is -1.35. The lowest BCUT2D eigenvalue weighted by Crippen LogP contribution is -2.27. The Labute approximate surface area is 108 Å². The van der Waals surface area contributed by atoms with Gasteiger partial charge < -0.3 is 9.84 Å². The zero-order chi connectivity index (χ0) is 13.0. The molecule has 0 amide bonds. The third-order valence-corrected chi connectivity index (χ3v) is 3.66. The van der Waals surface area contributed by atoms with Gasteiger partial charge in [-0.15, -0.1) is 0 Å². The van der Waals surface area contributed by atoms with Crippen molar-refractivity contribution < 1.29 is 14.6 Å². The van der Waals surface area contributed by atoms with Crippen molar-refractivity contribution in [2.75, 3.05) is 6.61 Å². The van der Waals surface area contributed by atoms with E-state index in [4.69, 9.17) is 4.74 Å². The van der Waals surface area contributed by atoms with Crippen molar-refractivity contribution in [3.05, 3.63) is 35.9 Å². The number of benzene rings is 1. The van der Waals surface area contributed by atoms with Gasteiger partial charge in [-0.25, -0.2) is 0 Å². The van der Waals surface area contributed by atoms with Crippen LogP contribution in [-0.2, 0) is 16.0 Å². The van der Waals surface area contributed by atoms with Crippen LogP contribution in [0.25, 0.3) is 0 Å². The molecule has 18 heavy (non-hydrogen) atoms. The molecular weight excluding hydrogens is 228 g/mol. The molecule has 98 valence electrons. The largest absolute Gasteiger partial charge is 0.466 e. The zero-order valence-electron chi connectivity index (χ0n) is 10.8. The lowest BCUT2D eigenvalue weighted by molar-refractivity contribution is -0.146. The van der Waals surface area contributed by atoms with Gasteiger partial charge >= 0.3 is 5.97 Å². The molecule has 1 saturated carbocycles. The number of hydrogen-bond donors (Lipinski definition) is 1. The zero-order valence-corrected chi connectivity index (χ0v) is 10.8. The van der Waals surface area contributed by atoms with Gasteiger partial charge in [-0.3, -0.25) is 4.79 Å². The highest BCUT2D eigenvalue weighted by Crippen LogP contribution is 2.52. The minimum absolute atomic E-state index is 0.103. The number of aliphatic hydroxyl groups is 1. The fraction of sp³-hybridized carbons (Fsp3) is 0.533. The second kappa shape index (κ2) is 5.53. The van der Waals surface area contributed by atoms with Gasteiger partial charge in [0.2, 0.25) is 0 Å². The molecule has 0 unspecified atom stereocenters. The Bertz CT molecular complexity index is 395. The van der Waals surface area contributed by atoms with Crippen LogP contribution in [-0.4, -0.2) is 23.8 Å². The predicted molar refractivity (Wildman–Crippen MR) is 69.1 cm³/mol. The monoisotopic (exact) mass is 248 g/mol. The number of ether oxygens (including phenoxy) is 1. The SMILES string of the molecule is CCOC(=O)C[C@@H](O)C1(Cc2ccccc2)CC1. The van der Waals surface area contributed by atoms with Crippen LogP contribution in [0.4, 0.5) is 0 Å². The number of hydrogen-bond acceptors (Lipinski definition) is 3. The van der Waals surface area contributed by atoms with Crippen LogP contribution in [0.15, 0.2) is 30.3 Å². The van der Waals surface area contributed by atoms with Crippen molar-refractivity contribution >= 4 is 5.97 Å². The lowest BCUT2D eigenvalue weighted by atomic mass is 9.89. The van der Waals surface area contributed by atoms with Gasteiger partial charge in [0.05, 0.1) is 19.1 Å². The average molecular weight is 248 g/mol. The minimum atomic E-state index is -0.586. The van der Waals surface area contributed by atoms with Crippen LogP contribution in [0.1, 0.15) is 31.7 Å². The molecular formula is C15H20O3. The molecule has 1 atom stereocenters. The van der Waals surface area contributed by atoms with E-state index >= 15 is 0 Å². The molecule has 0 heterocycles. The molecule has 2 rings (SSSR count). The van der Waals surface area contributed by atoms with E-state index in [0.717, 1.165) is 19.3 Å². The summed E-state index contributed by atoms with van der Waals surface area (Å²) in [7, 11) is 0. The van der Waals surface area contributed by atoms with Crippen molar-refractivity contribution in [3.8, 4) is 0 Å². The topological polar surface area (TPSA) is 46.5 Å². The standard InChI is InChI=1S/C15H20O3/c1-2-18-14(17)10-13(16)15(8-9-15)11-12-6-4-3-5-7-12/h3-7,13,16H,2,8-11H2,1H3/t13-/m1/s1. The second-order valence-corrected chi connectivity index (χ2v) is 5.05. The number of rotatable bonds is 6. The highest BCUT2D eigenvalue weighted by molar-refractivity contribution is 5.70. The van der Waals surface area contributed by atoms with Gasteiger partial charge in [0.15, 0.2) is 0 Å². The lowest BCUT2D eigenvalue weighted by Gasteiger charge is -2.21. The summed E-state index contributed by atoms with van der Waals surface area (Å²) in [6, 6.07) is 10.1. The molecule has 1 N–H and O–H groups in total. The van der Waals surface area contributed by atoms with Crippen molar-refractivity contribution in [1.29, 1.82) is 0 Å². The van der Waals surface area contributed by atoms with Crippen LogP contribution in [0.3, 0.4) is 0 Å². The van der Waals surface area contributed by atoms with Crippen LogP contribution in [0.5, 0.6) is 0 Å². The molecule has 0 spiro atoms. The second-order valence-electron chi connectivity index (χ2n) is 5.05. The first-order chi connectivity index (χ1) is 8.66. The normalized spacial score (nSPS) is 18.1. The van der Waals surface area contributed by atoms with Crippen LogP contribution < -0.4 is 0 Å². The van der Waals surface area contributed by atoms with E-state index in [9.17, 15) is 9.90 Å². The van der Waals surface area contributed by atoms with Gasteiger partial charge in [-0.05, 0) is 31.7 Å². The summed E-state index contributed by atoms with van der Waals surface area (Å²) in [5.74, 6) is -0.302. The summed E-state index contributed by atoms with van der Waals surface area (Å²) >= 11 is 0. The molecule has 0 bridgehead atoms. The molecule has 0 radical (unpaired) electrons. The third-order valence-electron chi connectivity index (χ3n) is 3.66. The van der Waals surface area contributed by atoms with Gasteiger partial charge in [0, 0.05) is 5.41 Å². The average Bonchev–Trinajstić information content (AvgIpc) is 3.11. The van der Waals surface area contributed by atoms with E-state index < -0.39 is 6.10 Å². The van der Waals surface area contributed by atoms with E-state index in [2.05, 4.69) is 12.1 Å². The highest BCUT2D eigenvalue weighted by atomic mass is 16.5. The summed E-state index contributed by atoms with van der Waals surface area (Å²) in [5.41, 5.74) is 1.12. The molecule has 1 aliphatic rings. The first-order valence-electron chi connectivity index (χ1n) is 6.54. The summed E-state index contributed by atoms with van der Waals surface area (Å²) in [6.07, 6.45) is 2.34. The Morgan fingerprint density at radius 1 is 1.39 bits per heavy atom. The molecule has 1 aromatic carbocycles. The van der Waals surface area contributed by atoms with E-state index in [1.165, 1.54) is 5.56 Å². The van der Waals surface area contributed by atoms with Crippen molar-refractivity contribution in [2.45, 2.75) is 38.7 Å². The van der Waals surface area contributed by atoms with Gasteiger partial charge in [-0.1, -0.05) is 30.3 Å². The Morgan fingerprint density at radius 3 is 2.61 bits per heavy atom. The fourth-order valence-electron chi connectivity index (χ4n) is 2.39. The van der Waals surface area contributed by atoms with E-state index in [-0.39, 0.29) is 17.8 Å². The highest BCUT2D eigenvalue weighted by Gasteiger charge is 2.49. The molecule has 1 aromatic rings. The maximum atomic E-state index is 11.4. The number of esters is 1. The molecule has 1 fully saturated rings. The summed E-state index contributed by atoms with van der Waals surface area (Å²) in [6.45, 7) is 2.15. The molecule has 0 saturated heterocycles. The van der Waals surface area contributed by atoms with Crippen molar-refractivity contribution in [3.63, 3.8) is 0 Å². The maximum absolute atomic E-state index is 11.4. The quantitative estimate of drug-likeness (QED) is 0.786. The van der Waals surface area contributed by atoms with Gasteiger partial charge in [0.25, 0.3) is 0 Å². The smallest absolute Gasteiger partial charge is 0.308 e. The Balaban J connectivity index is 1.93. The van der Waals surface area contributed by atoms with Gasteiger partial charge in [-0.2, -0.15) is 0 Å². The molecule has 3 nitrogen and oxygen atoms in total. The van der Waals surface area contributed by atoms with Crippen molar-refractivity contribution in [1.82, 2.24) is 0 Å². The molecule has 1 aliphatic carbocycles. The van der Waals surface area contributed by atoms with E-state index in [1.54, 1.807) is 6.92 Å². The maximum Gasteiger partial charge on any atom is 0.308 e. The van der Waals surface area contributed by atoms with Crippen molar-refractivity contribution in [2.24, 2.45) is 5.41 Å². The van der Waals surface area contributed by atoms with Crippen LogP contribution in [0.2, 0.25) is 0 Å². The molecule has 3 heteroatoms. The Morgan fingerprint density at radius 2 is 2.06 bits per heavy atom. The minimum Gasteiger partial charge on any atom is -0.466 e. The van der Waals surface area contributed by atoms with Gasteiger partial charge in [0.1, 0.15) is 0 Å². The summed E-state index contributed by atoms with van der Waals surface area (Å²) < 4.78 is 4.89.